The van der Waals surface area contributed by atoms with E-state index in [4.69, 9.17) is 4.74 Å². The number of rotatable bonds is 7. The second-order valence-corrected chi connectivity index (χ2v) is 8.08. The summed E-state index contributed by atoms with van der Waals surface area (Å²) in [7, 11) is -2.31. The number of hydrogen-bond donors (Lipinski definition) is 2. The summed E-state index contributed by atoms with van der Waals surface area (Å²) in [4.78, 5) is 2.40. The molecule has 0 bridgehead atoms. The van der Waals surface area contributed by atoms with Gasteiger partial charge in [0.25, 0.3) is 10.0 Å². The van der Waals surface area contributed by atoms with E-state index in [0.717, 1.165) is 12.0 Å². The lowest BCUT2D eigenvalue weighted by Crippen LogP contribution is -2.20. The lowest BCUT2D eigenvalue weighted by molar-refractivity contribution is 0.373. The van der Waals surface area contributed by atoms with Crippen LogP contribution in [0.1, 0.15) is 31.9 Å². The quantitative estimate of drug-likeness (QED) is 0.573. The zero-order valence-electron chi connectivity index (χ0n) is 15.4. The molecule has 6 nitrogen and oxygen atoms in total. The summed E-state index contributed by atoms with van der Waals surface area (Å²) >= 11 is 0. The number of ether oxygens (including phenoxy) is 1. The van der Waals surface area contributed by atoms with Crippen molar-refractivity contribution in [2.24, 2.45) is 11.0 Å². The lowest BCUT2D eigenvalue weighted by Gasteiger charge is -2.09. The van der Waals surface area contributed by atoms with Gasteiger partial charge < -0.3 is 9.84 Å². The highest BCUT2D eigenvalue weighted by Gasteiger charge is 2.13. The van der Waals surface area contributed by atoms with Crippen LogP contribution in [-0.2, 0) is 16.4 Å². The van der Waals surface area contributed by atoms with Gasteiger partial charge in [-0.25, -0.2) is 0 Å². The molecule has 0 atom stereocenters. The molecule has 0 unspecified atom stereocenters. The Bertz CT molecular complexity index is 888. The van der Waals surface area contributed by atoms with Crippen LogP contribution < -0.4 is 9.57 Å². The Labute approximate surface area is 154 Å². The smallest absolute Gasteiger partial charge is 0.276 e. The summed E-state index contributed by atoms with van der Waals surface area (Å²) < 4.78 is 29.8. The molecule has 2 aromatic carbocycles. The molecule has 0 aliphatic rings. The summed E-state index contributed by atoms with van der Waals surface area (Å²) in [6.07, 6.45) is 0.897. The van der Waals surface area contributed by atoms with E-state index < -0.39 is 10.0 Å². The van der Waals surface area contributed by atoms with Crippen molar-refractivity contribution in [2.45, 2.75) is 32.1 Å². The van der Waals surface area contributed by atoms with Crippen LogP contribution in [0.4, 0.5) is 0 Å². The Morgan fingerprint density at radius 1 is 1.19 bits per heavy atom. The van der Waals surface area contributed by atoms with E-state index in [1.54, 1.807) is 31.2 Å². The van der Waals surface area contributed by atoms with E-state index in [1.165, 1.54) is 13.2 Å². The number of nitrogens with one attached hydrogen (secondary N) is 1. The third-order valence-electron chi connectivity index (χ3n) is 3.81. The van der Waals surface area contributed by atoms with Gasteiger partial charge in [-0.15, -0.1) is 0 Å². The van der Waals surface area contributed by atoms with Gasteiger partial charge in [-0.2, -0.15) is 18.4 Å². The Morgan fingerprint density at radius 3 is 2.42 bits per heavy atom. The zero-order valence-corrected chi connectivity index (χ0v) is 16.2. The van der Waals surface area contributed by atoms with Gasteiger partial charge in [0.1, 0.15) is 0 Å². The Morgan fingerprint density at radius 2 is 1.85 bits per heavy atom. The van der Waals surface area contributed by atoms with Crippen LogP contribution in [0.5, 0.6) is 11.5 Å². The molecule has 0 fully saturated rings. The lowest BCUT2D eigenvalue weighted by atomic mass is 10.0. The van der Waals surface area contributed by atoms with Crippen molar-refractivity contribution >= 4 is 15.7 Å². The molecule has 0 radical (unpaired) electrons. The van der Waals surface area contributed by atoms with Crippen molar-refractivity contribution in [3.63, 3.8) is 0 Å². The van der Waals surface area contributed by atoms with E-state index in [2.05, 4.69) is 23.8 Å². The first-order chi connectivity index (χ1) is 12.2. The molecule has 0 aromatic heterocycles. The minimum Gasteiger partial charge on any atom is -0.504 e. The number of phenolic OH excluding ortho intramolecular Hbond substituents is 1. The van der Waals surface area contributed by atoms with Crippen LogP contribution in [0.15, 0.2) is 52.5 Å². The molecule has 26 heavy (non-hydrogen) atoms. The molecule has 0 spiro atoms. The number of phenols is 1. The standard InChI is InChI=1S/C19H24N2O4S/c1-13(2)11-15-5-8-17(9-6-15)26(23,24)21-20-14(3)16-7-10-18(22)19(12-16)25-4/h5-10,12-13,21-22H,11H2,1-4H3. The molecular weight excluding hydrogens is 352 g/mol. The number of benzene rings is 2. The van der Waals surface area contributed by atoms with Crippen molar-refractivity contribution in [2.75, 3.05) is 7.11 Å². The molecular formula is C19H24N2O4S. The van der Waals surface area contributed by atoms with Crippen LogP contribution in [-0.4, -0.2) is 26.3 Å². The van der Waals surface area contributed by atoms with E-state index in [1.807, 2.05) is 12.1 Å². The number of hydrogen-bond acceptors (Lipinski definition) is 5. The molecule has 2 N–H and O–H groups in total. The fourth-order valence-electron chi connectivity index (χ4n) is 2.42. The first-order valence-electron chi connectivity index (χ1n) is 8.25. The van der Waals surface area contributed by atoms with Crippen LogP contribution in [0.25, 0.3) is 0 Å². The summed E-state index contributed by atoms with van der Waals surface area (Å²) in [6, 6.07) is 11.5. The number of hydrazone groups is 1. The predicted molar refractivity (Wildman–Crippen MR) is 102 cm³/mol. The van der Waals surface area contributed by atoms with E-state index in [-0.39, 0.29) is 10.6 Å². The third kappa shape index (κ3) is 4.98. The molecule has 0 amide bonds. The van der Waals surface area contributed by atoms with Gasteiger partial charge in [0.05, 0.1) is 17.7 Å². The van der Waals surface area contributed by atoms with Crippen LogP contribution in [0.3, 0.4) is 0 Å². The van der Waals surface area contributed by atoms with Crippen LogP contribution in [0.2, 0.25) is 0 Å². The summed E-state index contributed by atoms with van der Waals surface area (Å²) in [5, 5.41) is 13.6. The first kappa shape index (κ1) is 19.8. The Kier molecular flexibility index (Phi) is 6.26. The monoisotopic (exact) mass is 376 g/mol. The molecule has 0 saturated carbocycles. The van der Waals surface area contributed by atoms with Crippen molar-refractivity contribution in [3.8, 4) is 11.5 Å². The van der Waals surface area contributed by atoms with Gasteiger partial charge in [-0.05, 0) is 55.2 Å². The minimum absolute atomic E-state index is 0.00566. The fourth-order valence-corrected chi connectivity index (χ4v) is 3.28. The van der Waals surface area contributed by atoms with Crippen molar-refractivity contribution < 1.29 is 18.3 Å². The molecule has 2 aromatic rings. The number of methoxy groups -OCH3 is 1. The molecule has 7 heteroatoms. The van der Waals surface area contributed by atoms with Crippen LogP contribution in [0, 0.1) is 5.92 Å². The highest BCUT2D eigenvalue weighted by Crippen LogP contribution is 2.26. The molecule has 2 rings (SSSR count). The predicted octanol–water partition coefficient (Wildman–Crippen LogP) is 3.30. The maximum atomic E-state index is 12.4. The highest BCUT2D eigenvalue weighted by atomic mass is 32.2. The highest BCUT2D eigenvalue weighted by molar-refractivity contribution is 7.89. The van der Waals surface area contributed by atoms with Crippen molar-refractivity contribution in [1.82, 2.24) is 4.83 Å². The average molecular weight is 376 g/mol. The van der Waals surface area contributed by atoms with Gasteiger partial charge in [-0.3, -0.25) is 0 Å². The molecule has 0 heterocycles. The number of nitrogens with zero attached hydrogens (tertiary/aromatic N) is 1. The van der Waals surface area contributed by atoms with Gasteiger partial charge in [0.15, 0.2) is 11.5 Å². The number of aromatic hydroxyl groups is 1. The van der Waals surface area contributed by atoms with Gasteiger partial charge in [0.2, 0.25) is 0 Å². The molecule has 0 aliphatic carbocycles. The molecule has 0 aliphatic heterocycles. The normalized spacial score (nSPS) is 12.3. The Balaban J connectivity index is 2.17. The third-order valence-corrected chi connectivity index (χ3v) is 5.03. The summed E-state index contributed by atoms with van der Waals surface area (Å²) in [5.74, 6) is 0.803. The fraction of sp³-hybridized carbons (Fsp3) is 0.316. The molecule has 0 saturated heterocycles. The van der Waals surface area contributed by atoms with E-state index in [0.29, 0.717) is 22.9 Å². The van der Waals surface area contributed by atoms with Gasteiger partial charge >= 0.3 is 0 Å². The number of sulfonamides is 1. The second kappa shape index (κ2) is 8.23. The minimum atomic E-state index is -3.75. The van der Waals surface area contributed by atoms with E-state index in [9.17, 15) is 13.5 Å². The summed E-state index contributed by atoms with van der Waals surface area (Å²) in [5.41, 5.74) is 2.17. The maximum absolute atomic E-state index is 12.4. The van der Waals surface area contributed by atoms with E-state index >= 15 is 0 Å². The SMILES string of the molecule is COc1cc(C(C)=NNS(=O)(=O)c2ccc(CC(C)C)cc2)ccc1O. The summed E-state index contributed by atoms with van der Waals surface area (Å²) in [6.45, 7) is 5.89. The average Bonchev–Trinajstić information content (AvgIpc) is 2.60. The Hall–Kier alpha value is -2.54. The first-order valence-corrected chi connectivity index (χ1v) is 9.73. The van der Waals surface area contributed by atoms with Gasteiger partial charge in [-0.1, -0.05) is 26.0 Å². The van der Waals surface area contributed by atoms with Crippen molar-refractivity contribution in [3.05, 3.63) is 53.6 Å². The van der Waals surface area contributed by atoms with Crippen LogP contribution >= 0.6 is 0 Å². The zero-order chi connectivity index (χ0) is 19.3. The largest absolute Gasteiger partial charge is 0.504 e. The maximum Gasteiger partial charge on any atom is 0.276 e. The molecule has 140 valence electrons. The second-order valence-electron chi connectivity index (χ2n) is 6.42. The van der Waals surface area contributed by atoms with Crippen molar-refractivity contribution in [1.29, 1.82) is 0 Å². The topological polar surface area (TPSA) is 88.0 Å². The van der Waals surface area contributed by atoms with Gasteiger partial charge in [0, 0.05) is 5.56 Å².